The van der Waals surface area contributed by atoms with Crippen molar-refractivity contribution >= 4 is 0 Å². The lowest BCUT2D eigenvalue weighted by Gasteiger charge is -2.11. The number of hydrogen-bond donors (Lipinski definition) is 1. The van der Waals surface area contributed by atoms with Gasteiger partial charge < -0.3 is 19.5 Å². The third kappa shape index (κ3) is 13.9. The quantitative estimate of drug-likeness (QED) is 0.487. The van der Waals surface area contributed by atoms with Crippen molar-refractivity contribution in [3.8, 4) is 0 Å². The molecule has 0 saturated carbocycles. The minimum atomic E-state index is 0.574. The molecule has 0 aliphatic heterocycles. The largest absolute Gasteiger partial charge is 0.379 e. The predicted octanol–water partition coefficient (Wildman–Crippen LogP) is 2.22. The Morgan fingerprint density at radius 3 is 1.94 bits per heavy atom. The third-order valence-electron chi connectivity index (χ3n) is 2.74. The molecule has 18 heavy (non-hydrogen) atoms. The number of ether oxygens (including phenoxy) is 3. The fraction of sp³-hybridized carbons (Fsp3) is 1.00. The summed E-state index contributed by atoms with van der Waals surface area (Å²) in [5, 5.41) is 3.38. The highest BCUT2D eigenvalue weighted by Crippen LogP contribution is 1.88. The van der Waals surface area contributed by atoms with Gasteiger partial charge in [-0.05, 0) is 19.8 Å². The summed E-state index contributed by atoms with van der Waals surface area (Å²) < 4.78 is 16.2. The van der Waals surface area contributed by atoms with Crippen molar-refractivity contribution < 1.29 is 14.2 Å². The third-order valence-corrected chi connectivity index (χ3v) is 2.74. The predicted molar refractivity (Wildman–Crippen MR) is 75.1 cm³/mol. The van der Waals surface area contributed by atoms with Crippen LogP contribution in [0.5, 0.6) is 0 Å². The molecule has 1 N–H and O–H groups in total. The van der Waals surface area contributed by atoms with Crippen LogP contribution < -0.4 is 5.32 Å². The molecule has 0 heterocycles. The Morgan fingerprint density at radius 2 is 1.39 bits per heavy atom. The molecular weight excluding hydrogens is 230 g/mol. The fourth-order valence-corrected chi connectivity index (χ4v) is 1.31. The molecule has 0 saturated heterocycles. The first-order valence-corrected chi connectivity index (χ1v) is 7.27. The van der Waals surface area contributed by atoms with Crippen LogP contribution in [0.2, 0.25) is 0 Å². The van der Waals surface area contributed by atoms with Crippen LogP contribution in [0.4, 0.5) is 0 Å². The highest BCUT2D eigenvalue weighted by Gasteiger charge is 1.96. The minimum Gasteiger partial charge on any atom is -0.379 e. The Balaban J connectivity index is 2.94. The summed E-state index contributed by atoms with van der Waals surface area (Å²) in [6.07, 6.45) is 3.47. The zero-order valence-corrected chi connectivity index (χ0v) is 12.4. The maximum absolute atomic E-state index is 5.45. The van der Waals surface area contributed by atoms with E-state index < -0.39 is 0 Å². The van der Waals surface area contributed by atoms with Crippen molar-refractivity contribution in [1.29, 1.82) is 0 Å². The summed E-state index contributed by atoms with van der Waals surface area (Å²) in [5.41, 5.74) is 0. The first kappa shape index (κ1) is 17.8. The lowest BCUT2D eigenvalue weighted by molar-refractivity contribution is 0.0144. The normalized spacial score (nSPS) is 12.8. The molecule has 0 aliphatic rings. The van der Waals surface area contributed by atoms with Gasteiger partial charge in [0.2, 0.25) is 0 Å². The molecule has 0 rings (SSSR count). The van der Waals surface area contributed by atoms with Crippen molar-refractivity contribution in [3.05, 3.63) is 0 Å². The van der Waals surface area contributed by atoms with Gasteiger partial charge in [0.15, 0.2) is 0 Å². The van der Waals surface area contributed by atoms with Gasteiger partial charge >= 0.3 is 0 Å². The van der Waals surface area contributed by atoms with E-state index in [0.29, 0.717) is 32.5 Å². The molecule has 0 fully saturated rings. The first-order valence-electron chi connectivity index (χ1n) is 7.27. The molecule has 0 aliphatic carbocycles. The van der Waals surface area contributed by atoms with Crippen molar-refractivity contribution in [1.82, 2.24) is 5.32 Å². The zero-order valence-electron chi connectivity index (χ0n) is 12.4. The van der Waals surface area contributed by atoms with Crippen LogP contribution >= 0.6 is 0 Å². The zero-order chi connectivity index (χ0) is 13.5. The average Bonchev–Trinajstić information content (AvgIpc) is 2.39. The van der Waals surface area contributed by atoms with Crippen LogP contribution in [-0.2, 0) is 14.2 Å². The van der Waals surface area contributed by atoms with E-state index in [-0.39, 0.29) is 0 Å². The Labute approximate surface area is 112 Å². The lowest BCUT2D eigenvalue weighted by atomic mass is 10.3. The summed E-state index contributed by atoms with van der Waals surface area (Å²) in [6, 6.07) is 0.574. The Hall–Kier alpha value is -0.160. The van der Waals surface area contributed by atoms with Crippen LogP contribution in [0.1, 0.15) is 40.0 Å². The monoisotopic (exact) mass is 261 g/mol. The van der Waals surface area contributed by atoms with E-state index in [1.807, 2.05) is 0 Å². The van der Waals surface area contributed by atoms with Gasteiger partial charge in [-0.15, -0.1) is 0 Å². The van der Waals surface area contributed by atoms with Gasteiger partial charge in [-0.2, -0.15) is 0 Å². The molecule has 0 spiro atoms. The molecule has 0 bridgehead atoms. The number of nitrogens with one attached hydrogen (secondary N) is 1. The van der Waals surface area contributed by atoms with E-state index in [1.54, 1.807) is 0 Å². The molecule has 1 atom stereocenters. The van der Waals surface area contributed by atoms with Crippen molar-refractivity contribution in [3.63, 3.8) is 0 Å². The van der Waals surface area contributed by atoms with Crippen molar-refractivity contribution in [2.75, 3.05) is 46.2 Å². The van der Waals surface area contributed by atoms with Crippen molar-refractivity contribution in [2.45, 2.75) is 46.1 Å². The van der Waals surface area contributed by atoms with Crippen molar-refractivity contribution in [2.24, 2.45) is 0 Å². The molecule has 0 aromatic heterocycles. The molecule has 0 amide bonds. The first-order chi connectivity index (χ1) is 8.81. The van der Waals surface area contributed by atoms with E-state index in [4.69, 9.17) is 14.2 Å². The molecule has 4 heteroatoms. The van der Waals surface area contributed by atoms with Gasteiger partial charge in [0.25, 0.3) is 0 Å². The average molecular weight is 261 g/mol. The standard InChI is InChI=1S/C14H31NO3/c1-4-6-8-16-10-12-18-13-11-17-9-7-15-14(3)5-2/h14-15H,4-13H2,1-3H3. The highest BCUT2D eigenvalue weighted by molar-refractivity contribution is 4.55. The molecule has 110 valence electrons. The SMILES string of the molecule is CCCCOCCOCCOCCNC(C)CC. The summed E-state index contributed by atoms with van der Waals surface area (Å²) >= 11 is 0. The minimum absolute atomic E-state index is 0.574. The Kier molecular flexibility index (Phi) is 14.8. The van der Waals surface area contributed by atoms with Gasteiger partial charge in [-0.25, -0.2) is 0 Å². The lowest BCUT2D eigenvalue weighted by Crippen LogP contribution is -2.29. The molecule has 4 nitrogen and oxygen atoms in total. The summed E-state index contributed by atoms with van der Waals surface area (Å²) in [4.78, 5) is 0. The molecular formula is C14H31NO3. The van der Waals surface area contributed by atoms with Gasteiger partial charge in [-0.1, -0.05) is 20.3 Å². The second-order valence-electron chi connectivity index (χ2n) is 4.45. The second kappa shape index (κ2) is 14.9. The van der Waals surface area contributed by atoms with Crippen LogP contribution in [0.3, 0.4) is 0 Å². The summed E-state index contributed by atoms with van der Waals surface area (Å²) in [5.74, 6) is 0. The van der Waals surface area contributed by atoms with Crippen LogP contribution in [0, 0.1) is 0 Å². The second-order valence-corrected chi connectivity index (χ2v) is 4.45. The van der Waals surface area contributed by atoms with E-state index in [2.05, 4.69) is 26.1 Å². The van der Waals surface area contributed by atoms with Crippen LogP contribution in [-0.4, -0.2) is 52.2 Å². The molecule has 0 radical (unpaired) electrons. The van der Waals surface area contributed by atoms with E-state index in [9.17, 15) is 0 Å². The van der Waals surface area contributed by atoms with Gasteiger partial charge in [0.05, 0.1) is 33.0 Å². The van der Waals surface area contributed by atoms with E-state index >= 15 is 0 Å². The van der Waals surface area contributed by atoms with E-state index in [1.165, 1.54) is 6.42 Å². The summed E-state index contributed by atoms with van der Waals surface area (Å²) in [6.45, 7) is 11.7. The number of unbranched alkanes of at least 4 members (excludes halogenated alkanes) is 1. The molecule has 0 aromatic rings. The topological polar surface area (TPSA) is 39.7 Å². The van der Waals surface area contributed by atoms with Gasteiger partial charge in [0.1, 0.15) is 0 Å². The molecule has 1 unspecified atom stereocenters. The van der Waals surface area contributed by atoms with E-state index in [0.717, 1.165) is 32.6 Å². The number of hydrogen-bond acceptors (Lipinski definition) is 4. The fourth-order valence-electron chi connectivity index (χ4n) is 1.31. The Bertz CT molecular complexity index is 156. The van der Waals surface area contributed by atoms with Gasteiger partial charge in [0, 0.05) is 19.2 Å². The van der Waals surface area contributed by atoms with Gasteiger partial charge in [-0.3, -0.25) is 0 Å². The number of rotatable bonds is 14. The van der Waals surface area contributed by atoms with Crippen LogP contribution in [0.15, 0.2) is 0 Å². The maximum atomic E-state index is 5.45. The molecule has 0 aromatic carbocycles. The smallest absolute Gasteiger partial charge is 0.0701 e. The summed E-state index contributed by atoms with van der Waals surface area (Å²) in [7, 11) is 0. The van der Waals surface area contributed by atoms with Crippen LogP contribution in [0.25, 0.3) is 0 Å². The highest BCUT2D eigenvalue weighted by atomic mass is 16.5. The maximum Gasteiger partial charge on any atom is 0.0701 e. The Morgan fingerprint density at radius 1 is 0.833 bits per heavy atom.